The summed E-state index contributed by atoms with van der Waals surface area (Å²) in [5.74, 6) is 1.18. The molecule has 0 amide bonds. The van der Waals surface area contributed by atoms with Gasteiger partial charge in [0.2, 0.25) is 0 Å². The zero-order valence-electron chi connectivity index (χ0n) is 5.65. The molecule has 10 heavy (non-hydrogen) atoms. The van der Waals surface area contributed by atoms with Gasteiger partial charge in [-0.3, -0.25) is 0 Å². The molecular formula is C5H11NO2PtSe. The van der Waals surface area contributed by atoms with Gasteiger partial charge in [-0.25, -0.2) is 0 Å². The molecule has 0 bridgehead atoms. The second-order valence-corrected chi connectivity index (χ2v) is 3.79. The number of hydrogen-bond donors (Lipinski definition) is 2. The van der Waals surface area contributed by atoms with E-state index >= 15 is 0 Å². The van der Waals surface area contributed by atoms with Crippen molar-refractivity contribution >= 4 is 20.9 Å². The quantitative estimate of drug-likeness (QED) is 0.662. The molecule has 0 aliphatic heterocycles. The second kappa shape index (κ2) is 7.74. The maximum absolute atomic E-state index is 10.1. The molecule has 0 saturated carbocycles. The van der Waals surface area contributed by atoms with Gasteiger partial charge in [0.25, 0.3) is 0 Å². The molecule has 0 aliphatic rings. The standard InChI is InChI=1S/C5H11NO2Se.Pt/c1-9-3-2-4(6)5(7)8;/h4H,2-3,6H2,1H3,(H,7,8);. The molecule has 1 unspecified atom stereocenters. The van der Waals surface area contributed by atoms with E-state index in [2.05, 4.69) is 5.82 Å². The Morgan fingerprint density at radius 1 is 1.80 bits per heavy atom. The van der Waals surface area contributed by atoms with Crippen LogP contribution in [0.25, 0.3) is 0 Å². The van der Waals surface area contributed by atoms with Gasteiger partial charge in [0.1, 0.15) is 0 Å². The van der Waals surface area contributed by atoms with Crippen LogP contribution >= 0.6 is 0 Å². The van der Waals surface area contributed by atoms with Crippen molar-refractivity contribution in [1.29, 1.82) is 0 Å². The van der Waals surface area contributed by atoms with Crippen LogP contribution in [0.15, 0.2) is 0 Å². The average Bonchev–Trinajstić information content (AvgIpc) is 1.82. The molecule has 3 nitrogen and oxygen atoms in total. The van der Waals surface area contributed by atoms with Crippen LogP contribution in [-0.4, -0.2) is 32.1 Å². The second-order valence-electron chi connectivity index (χ2n) is 1.73. The first-order valence-corrected chi connectivity index (χ1v) is 5.58. The van der Waals surface area contributed by atoms with E-state index in [1.165, 1.54) is 0 Å². The number of aliphatic carboxylic acids is 1. The van der Waals surface area contributed by atoms with Crippen LogP contribution in [0.4, 0.5) is 0 Å². The number of hydrogen-bond acceptors (Lipinski definition) is 2. The number of rotatable bonds is 4. The molecule has 0 fully saturated rings. The Balaban J connectivity index is 0. The minimum atomic E-state index is -0.890. The predicted octanol–water partition coefficient (Wildman–Crippen LogP) is -0.0435. The van der Waals surface area contributed by atoms with Gasteiger partial charge in [0.05, 0.1) is 0 Å². The monoisotopic (exact) mass is 392 g/mol. The first-order chi connectivity index (χ1) is 4.18. The van der Waals surface area contributed by atoms with Crippen LogP contribution in [0.2, 0.25) is 11.1 Å². The summed E-state index contributed by atoms with van der Waals surface area (Å²) in [5.41, 5.74) is 5.21. The SMILES string of the molecule is C[Se]CCC(N)C(=O)O.[Pt]. The minimum Gasteiger partial charge on any atom is 0 e. The van der Waals surface area contributed by atoms with Crippen molar-refractivity contribution in [2.45, 2.75) is 23.6 Å². The fourth-order valence-corrected chi connectivity index (χ4v) is 1.40. The third-order valence-corrected chi connectivity index (χ3v) is 2.30. The molecule has 5 heteroatoms. The van der Waals surface area contributed by atoms with Crippen LogP contribution in [0, 0.1) is 0 Å². The molecular weight excluding hydrogens is 380 g/mol. The van der Waals surface area contributed by atoms with E-state index in [9.17, 15) is 4.79 Å². The largest absolute Gasteiger partial charge is 0 e. The Bertz CT molecular complexity index is 102. The van der Waals surface area contributed by atoms with Crippen molar-refractivity contribution in [3.8, 4) is 0 Å². The maximum Gasteiger partial charge on any atom is 0 e. The van der Waals surface area contributed by atoms with Crippen LogP contribution in [-0.2, 0) is 25.9 Å². The van der Waals surface area contributed by atoms with Crippen molar-refractivity contribution in [3.63, 3.8) is 0 Å². The summed E-state index contributed by atoms with van der Waals surface area (Å²) >= 11 is 0.549. The Kier molecular flexibility index (Phi) is 10.3. The van der Waals surface area contributed by atoms with Gasteiger partial charge in [-0.05, 0) is 0 Å². The molecule has 1 atom stereocenters. The van der Waals surface area contributed by atoms with Gasteiger partial charge in [0, 0.05) is 21.1 Å². The zero-order valence-corrected chi connectivity index (χ0v) is 9.63. The van der Waals surface area contributed by atoms with Crippen molar-refractivity contribution in [1.82, 2.24) is 0 Å². The van der Waals surface area contributed by atoms with Gasteiger partial charge in [-0.2, -0.15) is 0 Å². The number of nitrogens with two attached hydrogens (primary N) is 1. The molecule has 0 aromatic heterocycles. The molecule has 3 N–H and O–H groups in total. The summed E-state index contributed by atoms with van der Waals surface area (Å²) in [6.45, 7) is 0. The molecule has 0 rings (SSSR count). The fraction of sp³-hybridized carbons (Fsp3) is 0.800. The van der Waals surface area contributed by atoms with Crippen LogP contribution in [0.1, 0.15) is 6.42 Å². The van der Waals surface area contributed by atoms with Gasteiger partial charge in [-0.15, -0.1) is 0 Å². The topological polar surface area (TPSA) is 63.3 Å². The Hall–Kier alpha value is 0.638. The molecule has 0 spiro atoms. The molecule has 0 aromatic rings. The summed E-state index contributed by atoms with van der Waals surface area (Å²) < 4.78 is 0. The van der Waals surface area contributed by atoms with Crippen molar-refractivity contribution in [2.24, 2.45) is 5.73 Å². The van der Waals surface area contributed by atoms with Gasteiger partial charge in [-0.1, -0.05) is 0 Å². The van der Waals surface area contributed by atoms with E-state index < -0.39 is 12.0 Å². The molecule has 0 radical (unpaired) electrons. The third-order valence-electron chi connectivity index (χ3n) is 0.950. The third kappa shape index (κ3) is 6.75. The average molecular weight is 391 g/mol. The normalized spacial score (nSPS) is 11.8. The first kappa shape index (κ1) is 13.2. The first-order valence-electron chi connectivity index (χ1n) is 2.65. The Morgan fingerprint density at radius 2 is 2.30 bits per heavy atom. The number of carbonyl (C=O) groups is 1. The van der Waals surface area contributed by atoms with Crippen LogP contribution < -0.4 is 5.73 Å². The van der Waals surface area contributed by atoms with Crippen molar-refractivity contribution < 1.29 is 31.0 Å². The van der Waals surface area contributed by atoms with E-state index in [1.54, 1.807) is 0 Å². The Labute approximate surface area is 81.2 Å². The summed E-state index contributed by atoms with van der Waals surface area (Å²) in [7, 11) is 0. The molecule has 0 saturated heterocycles. The van der Waals surface area contributed by atoms with E-state index in [0.29, 0.717) is 21.4 Å². The van der Waals surface area contributed by atoms with Crippen LogP contribution in [0.5, 0.6) is 0 Å². The smallest absolute Gasteiger partial charge is 0 e. The molecule has 0 heterocycles. The van der Waals surface area contributed by atoms with Gasteiger partial charge < -0.3 is 0 Å². The summed E-state index contributed by atoms with van der Waals surface area (Å²) in [6.07, 6.45) is 0.617. The van der Waals surface area contributed by atoms with E-state index in [1.807, 2.05) is 0 Å². The van der Waals surface area contributed by atoms with E-state index in [4.69, 9.17) is 10.8 Å². The fourth-order valence-electron chi connectivity index (χ4n) is 0.368. The predicted molar refractivity (Wildman–Crippen MR) is 36.7 cm³/mol. The summed E-state index contributed by atoms with van der Waals surface area (Å²) in [6, 6.07) is -0.646. The molecule has 0 aromatic carbocycles. The summed E-state index contributed by atoms with van der Waals surface area (Å²) in [5, 5.41) is 9.25. The van der Waals surface area contributed by atoms with E-state index in [-0.39, 0.29) is 21.1 Å². The zero-order chi connectivity index (χ0) is 7.28. The van der Waals surface area contributed by atoms with Gasteiger partial charge >= 0.3 is 60.2 Å². The number of carboxylic acid groups (broad SMARTS) is 1. The summed E-state index contributed by atoms with van der Waals surface area (Å²) in [4.78, 5) is 10.1. The number of carboxylic acids is 1. The minimum absolute atomic E-state index is 0. The van der Waals surface area contributed by atoms with Gasteiger partial charge in [0.15, 0.2) is 0 Å². The van der Waals surface area contributed by atoms with E-state index in [0.717, 1.165) is 5.32 Å². The molecule has 64 valence electrons. The van der Waals surface area contributed by atoms with Crippen molar-refractivity contribution in [2.75, 3.05) is 0 Å². The van der Waals surface area contributed by atoms with Crippen LogP contribution in [0.3, 0.4) is 0 Å². The maximum atomic E-state index is 10.1. The van der Waals surface area contributed by atoms with Crippen molar-refractivity contribution in [3.05, 3.63) is 0 Å². The Morgan fingerprint density at radius 3 is 2.60 bits per heavy atom. The molecule has 0 aliphatic carbocycles.